The molecule has 0 radical (unpaired) electrons. The van der Waals surface area contributed by atoms with Gasteiger partial charge in [0.15, 0.2) is 19.7 Å². The molecule has 1 atom stereocenters. The number of benzene rings is 1. The van der Waals surface area contributed by atoms with Crippen LogP contribution >= 0.6 is 11.8 Å². The highest BCUT2D eigenvalue weighted by atomic mass is 32.2. The number of amides is 1. The van der Waals surface area contributed by atoms with Crippen molar-refractivity contribution in [3.63, 3.8) is 0 Å². The second-order valence-corrected chi connectivity index (χ2v) is 11.3. The largest absolute Gasteiger partial charge is 0.416 e. The summed E-state index contributed by atoms with van der Waals surface area (Å²) in [7, 11) is -6.33. The van der Waals surface area contributed by atoms with Crippen molar-refractivity contribution in [2.75, 3.05) is 28.8 Å². The molecule has 1 aliphatic heterocycles. The maximum atomic E-state index is 12.0. The molecule has 0 spiro atoms. The molecule has 2 aromatic rings. The molecule has 9 nitrogen and oxygen atoms in total. The van der Waals surface area contributed by atoms with Gasteiger partial charge in [0, 0.05) is 11.9 Å². The third kappa shape index (κ3) is 5.30. The number of carbonyl (C=O) groups excluding carboxylic acids is 1. The van der Waals surface area contributed by atoms with E-state index in [1.54, 1.807) is 0 Å². The van der Waals surface area contributed by atoms with Gasteiger partial charge in [-0.1, -0.05) is 11.8 Å². The fourth-order valence-corrected chi connectivity index (χ4v) is 5.48. The number of nitrogens with one attached hydrogen (secondary N) is 1. The Bertz CT molecular complexity index is 1040. The number of anilines is 1. The summed E-state index contributed by atoms with van der Waals surface area (Å²) < 4.78 is 51.3. The summed E-state index contributed by atoms with van der Waals surface area (Å²) >= 11 is 1.04. The third-order valence-corrected chi connectivity index (χ3v) is 7.61. The van der Waals surface area contributed by atoms with Gasteiger partial charge in [0.1, 0.15) is 0 Å². The van der Waals surface area contributed by atoms with Gasteiger partial charge in [-0.05, 0) is 30.7 Å². The first-order valence-electron chi connectivity index (χ1n) is 7.89. The minimum atomic E-state index is -3.29. The van der Waals surface area contributed by atoms with E-state index in [1.807, 2.05) is 0 Å². The van der Waals surface area contributed by atoms with Crippen LogP contribution in [0.4, 0.5) is 5.69 Å². The van der Waals surface area contributed by atoms with Crippen molar-refractivity contribution in [1.82, 2.24) is 10.2 Å². The molecule has 0 unspecified atom stereocenters. The topological polar surface area (TPSA) is 136 Å². The Morgan fingerprint density at radius 1 is 1.30 bits per heavy atom. The van der Waals surface area contributed by atoms with Crippen LogP contribution < -0.4 is 5.32 Å². The minimum Gasteiger partial charge on any atom is -0.416 e. The lowest BCUT2D eigenvalue weighted by molar-refractivity contribution is -0.113. The van der Waals surface area contributed by atoms with Gasteiger partial charge in [-0.15, -0.1) is 10.2 Å². The molecule has 12 heteroatoms. The Balaban J connectivity index is 1.52. The van der Waals surface area contributed by atoms with Gasteiger partial charge in [-0.25, -0.2) is 16.8 Å². The Morgan fingerprint density at radius 2 is 2.00 bits per heavy atom. The number of nitrogens with zero attached hydrogens (tertiary/aromatic N) is 2. The normalized spacial score (nSPS) is 19.1. The molecular formula is C15H17N3O6S3. The van der Waals surface area contributed by atoms with Crippen LogP contribution in [0.15, 0.2) is 38.8 Å². The highest BCUT2D eigenvalue weighted by Gasteiger charge is 2.32. The fraction of sp³-hybridized carbons (Fsp3) is 0.400. The molecule has 1 N–H and O–H groups in total. The van der Waals surface area contributed by atoms with E-state index in [0.29, 0.717) is 12.1 Å². The molecule has 1 fully saturated rings. The molecule has 146 valence electrons. The van der Waals surface area contributed by atoms with Gasteiger partial charge >= 0.3 is 0 Å². The summed E-state index contributed by atoms with van der Waals surface area (Å²) in [6.07, 6.45) is 1.56. The van der Waals surface area contributed by atoms with Gasteiger partial charge in [0.2, 0.25) is 11.8 Å². The second kappa shape index (κ2) is 7.60. The smallest absolute Gasteiger partial charge is 0.277 e. The van der Waals surface area contributed by atoms with Crippen LogP contribution in [0.3, 0.4) is 0 Å². The van der Waals surface area contributed by atoms with E-state index in [1.165, 1.54) is 24.3 Å². The third-order valence-electron chi connectivity index (χ3n) is 3.90. The predicted molar refractivity (Wildman–Crippen MR) is 99.2 cm³/mol. The highest BCUT2D eigenvalue weighted by Crippen LogP contribution is 2.29. The zero-order chi connectivity index (χ0) is 19.7. The van der Waals surface area contributed by atoms with Crippen molar-refractivity contribution < 1.29 is 26.0 Å². The summed E-state index contributed by atoms with van der Waals surface area (Å²) in [6.45, 7) is 0. The van der Waals surface area contributed by atoms with E-state index in [0.717, 1.165) is 18.0 Å². The Kier molecular flexibility index (Phi) is 5.58. The number of rotatable bonds is 6. The number of hydrogen-bond acceptors (Lipinski definition) is 9. The van der Waals surface area contributed by atoms with Gasteiger partial charge in [-0.3, -0.25) is 4.79 Å². The van der Waals surface area contributed by atoms with E-state index >= 15 is 0 Å². The molecule has 1 aromatic heterocycles. The van der Waals surface area contributed by atoms with Crippen molar-refractivity contribution in [2.45, 2.75) is 22.5 Å². The first kappa shape index (κ1) is 19.8. The van der Waals surface area contributed by atoms with Crippen LogP contribution in [0.2, 0.25) is 0 Å². The molecule has 1 amide bonds. The Hall–Kier alpha value is -1.92. The summed E-state index contributed by atoms with van der Waals surface area (Å²) in [4.78, 5) is 12.2. The second-order valence-electron chi connectivity index (χ2n) is 6.14. The lowest BCUT2D eigenvalue weighted by Crippen LogP contribution is -2.14. The van der Waals surface area contributed by atoms with E-state index < -0.39 is 19.7 Å². The van der Waals surface area contributed by atoms with Crippen LogP contribution in [-0.4, -0.2) is 56.5 Å². The van der Waals surface area contributed by atoms with Crippen LogP contribution in [0.25, 0.3) is 0 Å². The number of thioether (sulfide) groups is 1. The first-order chi connectivity index (χ1) is 12.6. The lowest BCUT2D eigenvalue weighted by Gasteiger charge is -2.05. The van der Waals surface area contributed by atoms with Crippen LogP contribution in [0.1, 0.15) is 18.2 Å². The molecular weight excluding hydrogens is 414 g/mol. The Morgan fingerprint density at radius 3 is 2.59 bits per heavy atom. The van der Waals surface area contributed by atoms with E-state index in [9.17, 15) is 21.6 Å². The first-order valence-corrected chi connectivity index (χ1v) is 12.6. The number of sulfone groups is 2. The molecule has 1 saturated heterocycles. The predicted octanol–water partition coefficient (Wildman–Crippen LogP) is 1.11. The van der Waals surface area contributed by atoms with Crippen molar-refractivity contribution in [2.24, 2.45) is 0 Å². The van der Waals surface area contributed by atoms with Crippen LogP contribution in [0, 0.1) is 0 Å². The van der Waals surface area contributed by atoms with Crippen molar-refractivity contribution >= 4 is 43.0 Å². The fourth-order valence-electron chi connectivity index (χ4n) is 2.54. The van der Waals surface area contributed by atoms with E-state index in [2.05, 4.69) is 15.5 Å². The zero-order valence-corrected chi connectivity index (χ0v) is 16.7. The monoisotopic (exact) mass is 431 g/mol. The number of carbonyl (C=O) groups is 1. The lowest BCUT2D eigenvalue weighted by atomic mass is 10.1. The molecule has 0 aliphatic carbocycles. The SMILES string of the molecule is CS(=O)(=O)c1ccc(NC(=O)CSc2nnc([C@@H]3CCS(=O)(=O)C3)o2)cc1. The average molecular weight is 432 g/mol. The highest BCUT2D eigenvalue weighted by molar-refractivity contribution is 7.99. The summed E-state index contributed by atoms with van der Waals surface area (Å²) in [5.74, 6) is -0.213. The summed E-state index contributed by atoms with van der Waals surface area (Å²) in [6, 6.07) is 5.84. The van der Waals surface area contributed by atoms with Crippen molar-refractivity contribution in [3.8, 4) is 0 Å². The summed E-state index contributed by atoms with van der Waals surface area (Å²) in [5, 5.41) is 10.5. The number of hydrogen-bond donors (Lipinski definition) is 1. The van der Waals surface area contributed by atoms with E-state index in [-0.39, 0.29) is 45.1 Å². The van der Waals surface area contributed by atoms with Crippen molar-refractivity contribution in [1.29, 1.82) is 0 Å². The summed E-state index contributed by atoms with van der Waals surface area (Å²) in [5.41, 5.74) is 0.468. The molecule has 1 aliphatic rings. The van der Waals surface area contributed by atoms with Gasteiger partial charge in [0.05, 0.1) is 28.1 Å². The van der Waals surface area contributed by atoms with Crippen LogP contribution in [0.5, 0.6) is 0 Å². The number of aromatic nitrogens is 2. The van der Waals surface area contributed by atoms with Crippen LogP contribution in [-0.2, 0) is 24.5 Å². The van der Waals surface area contributed by atoms with Gasteiger partial charge in [-0.2, -0.15) is 0 Å². The molecule has 0 saturated carbocycles. The molecule has 3 rings (SSSR count). The van der Waals surface area contributed by atoms with E-state index in [4.69, 9.17) is 4.42 Å². The molecule has 0 bridgehead atoms. The van der Waals surface area contributed by atoms with Gasteiger partial charge in [0.25, 0.3) is 5.22 Å². The standard InChI is InChI=1S/C15H17N3O6S3/c1-26(20,21)12-4-2-11(3-5-12)16-13(19)8-25-15-18-17-14(24-15)10-6-7-27(22,23)9-10/h2-5,10H,6-9H2,1H3,(H,16,19)/t10-/m1/s1. The molecule has 27 heavy (non-hydrogen) atoms. The zero-order valence-electron chi connectivity index (χ0n) is 14.3. The molecule has 2 heterocycles. The Labute approximate surface area is 160 Å². The average Bonchev–Trinajstić information content (AvgIpc) is 3.19. The van der Waals surface area contributed by atoms with Crippen molar-refractivity contribution in [3.05, 3.63) is 30.2 Å². The maximum absolute atomic E-state index is 12.0. The quantitative estimate of drug-likeness (QED) is 0.667. The molecule has 1 aromatic carbocycles. The van der Waals surface area contributed by atoms with Gasteiger partial charge < -0.3 is 9.73 Å². The maximum Gasteiger partial charge on any atom is 0.277 e. The minimum absolute atomic E-state index is 0.00324.